The first-order chi connectivity index (χ1) is 17.0. The van der Waals surface area contributed by atoms with Crippen molar-refractivity contribution in [2.24, 2.45) is 0 Å². The lowest BCUT2D eigenvalue weighted by Crippen LogP contribution is -2.37. The summed E-state index contributed by atoms with van der Waals surface area (Å²) in [6.07, 6.45) is 6.49. The van der Waals surface area contributed by atoms with Crippen molar-refractivity contribution >= 4 is 18.1 Å². The van der Waals surface area contributed by atoms with Crippen molar-refractivity contribution in [3.63, 3.8) is 0 Å². The van der Waals surface area contributed by atoms with Gasteiger partial charge in [0.1, 0.15) is 12.0 Å². The summed E-state index contributed by atoms with van der Waals surface area (Å²) in [5.41, 5.74) is 2.56. The molecule has 0 N–H and O–H groups in total. The second-order valence-electron chi connectivity index (χ2n) is 9.59. The third kappa shape index (κ3) is 7.59. The van der Waals surface area contributed by atoms with Crippen LogP contribution in [0.25, 0.3) is 0 Å². The zero-order valence-electron chi connectivity index (χ0n) is 21.5. The van der Waals surface area contributed by atoms with E-state index in [1.54, 1.807) is 0 Å². The van der Waals surface area contributed by atoms with E-state index in [0.29, 0.717) is 31.8 Å². The van der Waals surface area contributed by atoms with E-state index in [-0.39, 0.29) is 17.9 Å². The molecule has 2 amide bonds. The summed E-state index contributed by atoms with van der Waals surface area (Å²) >= 11 is 0. The maximum Gasteiger partial charge on any atom is 0.229 e. The van der Waals surface area contributed by atoms with Crippen molar-refractivity contribution in [1.82, 2.24) is 14.9 Å². The van der Waals surface area contributed by atoms with Crippen LogP contribution in [0.3, 0.4) is 0 Å². The fourth-order valence-electron chi connectivity index (χ4n) is 5.08. The maximum atomic E-state index is 11.8. The molecule has 3 heterocycles. The number of carbonyl (C=O) groups is 3. The zero-order valence-corrected chi connectivity index (χ0v) is 21.5. The second-order valence-corrected chi connectivity index (χ2v) is 9.59. The Balaban J connectivity index is 0.000000327. The van der Waals surface area contributed by atoms with Crippen molar-refractivity contribution in [1.29, 1.82) is 0 Å². The minimum atomic E-state index is -0.0647. The van der Waals surface area contributed by atoms with Crippen LogP contribution in [0.5, 0.6) is 5.75 Å². The van der Waals surface area contributed by atoms with E-state index < -0.39 is 0 Å². The molecule has 3 aliphatic heterocycles. The van der Waals surface area contributed by atoms with Crippen LogP contribution in [-0.4, -0.2) is 85.4 Å². The highest BCUT2D eigenvalue weighted by molar-refractivity contribution is 6.01. The minimum Gasteiger partial charge on any atom is -0.493 e. The molecule has 0 aliphatic carbocycles. The van der Waals surface area contributed by atoms with E-state index in [9.17, 15) is 14.4 Å². The summed E-state index contributed by atoms with van der Waals surface area (Å²) in [6, 6.07) is 6.64. The zero-order chi connectivity index (χ0) is 25.2. The van der Waals surface area contributed by atoms with Gasteiger partial charge in [-0.3, -0.25) is 24.2 Å². The lowest BCUT2D eigenvalue weighted by atomic mass is 9.93. The predicted molar refractivity (Wildman–Crippen MR) is 134 cm³/mol. The second kappa shape index (κ2) is 13.7. The van der Waals surface area contributed by atoms with Crippen molar-refractivity contribution < 1.29 is 24.0 Å². The molecule has 35 heavy (non-hydrogen) atoms. The number of amides is 2. The van der Waals surface area contributed by atoms with Gasteiger partial charge in [-0.25, -0.2) is 0 Å². The summed E-state index contributed by atoms with van der Waals surface area (Å²) < 4.78 is 5.59. The number of rotatable bonds is 11. The van der Waals surface area contributed by atoms with Crippen LogP contribution in [0.4, 0.5) is 0 Å². The Morgan fingerprint density at radius 3 is 2.60 bits per heavy atom. The van der Waals surface area contributed by atoms with Gasteiger partial charge in [0.25, 0.3) is 0 Å². The molecule has 0 bridgehead atoms. The Kier molecular flexibility index (Phi) is 10.7. The van der Waals surface area contributed by atoms with E-state index >= 15 is 0 Å². The van der Waals surface area contributed by atoms with Crippen molar-refractivity contribution in [3.8, 4) is 5.75 Å². The molecule has 0 aromatic heterocycles. The number of likely N-dealkylation sites (tertiary alicyclic amines) is 2. The van der Waals surface area contributed by atoms with Gasteiger partial charge in [0.05, 0.1) is 19.8 Å². The number of imide groups is 1. The van der Waals surface area contributed by atoms with Crippen LogP contribution in [0, 0.1) is 0 Å². The summed E-state index contributed by atoms with van der Waals surface area (Å²) in [5.74, 6) is 1.23. The van der Waals surface area contributed by atoms with Crippen LogP contribution >= 0.6 is 0 Å². The van der Waals surface area contributed by atoms with Crippen molar-refractivity contribution in [2.75, 3.05) is 46.4 Å². The van der Waals surface area contributed by atoms with Gasteiger partial charge < -0.3 is 9.53 Å². The fraction of sp³-hybridized carbons (Fsp3) is 0.667. The van der Waals surface area contributed by atoms with Crippen molar-refractivity contribution in [3.05, 3.63) is 29.3 Å². The Morgan fingerprint density at radius 1 is 1.14 bits per heavy atom. The summed E-state index contributed by atoms with van der Waals surface area (Å²) in [4.78, 5) is 43.6. The van der Waals surface area contributed by atoms with E-state index in [2.05, 4.69) is 36.9 Å². The van der Waals surface area contributed by atoms with Crippen LogP contribution in [0.1, 0.15) is 69.4 Å². The molecule has 8 heteroatoms. The van der Waals surface area contributed by atoms with Gasteiger partial charge in [-0.15, -0.1) is 0 Å². The van der Waals surface area contributed by atoms with Gasteiger partial charge in [-0.05, 0) is 48.8 Å². The first-order valence-electron chi connectivity index (χ1n) is 13.1. The first-order valence-corrected chi connectivity index (χ1v) is 13.1. The molecule has 0 saturated carbocycles. The van der Waals surface area contributed by atoms with Crippen LogP contribution in [0.15, 0.2) is 18.2 Å². The first kappa shape index (κ1) is 27.3. The molecule has 0 radical (unpaired) electrons. The molecule has 0 spiro atoms. The number of hydrogen-bond acceptors (Lipinski definition) is 7. The minimum absolute atomic E-state index is 0.0647. The largest absolute Gasteiger partial charge is 0.493 e. The fourth-order valence-corrected chi connectivity index (χ4v) is 5.08. The van der Waals surface area contributed by atoms with Gasteiger partial charge in [0.15, 0.2) is 0 Å². The van der Waals surface area contributed by atoms with Gasteiger partial charge in [0, 0.05) is 52.0 Å². The summed E-state index contributed by atoms with van der Waals surface area (Å²) in [6.45, 7) is 8.58. The molecule has 2 atom stereocenters. The molecule has 2 fully saturated rings. The Hall–Kier alpha value is -2.29. The number of benzene rings is 1. The average Bonchev–Trinajstić information content (AvgIpc) is 3.56. The molecule has 3 aliphatic rings. The highest BCUT2D eigenvalue weighted by Gasteiger charge is 2.35. The quantitative estimate of drug-likeness (QED) is 0.269. The number of ether oxygens (including phenoxy) is 1. The number of hydroxylamine groups is 2. The van der Waals surface area contributed by atoms with Crippen LogP contribution in [-0.2, 0) is 25.6 Å². The van der Waals surface area contributed by atoms with Gasteiger partial charge in [-0.1, -0.05) is 26.0 Å². The van der Waals surface area contributed by atoms with E-state index in [0.717, 1.165) is 70.4 Å². The molecule has 2 unspecified atom stereocenters. The number of nitrogens with zero attached hydrogens (tertiary/aromatic N) is 3. The third-order valence-corrected chi connectivity index (χ3v) is 6.92. The molecule has 2 saturated heterocycles. The third-order valence-electron chi connectivity index (χ3n) is 6.92. The van der Waals surface area contributed by atoms with E-state index in [4.69, 9.17) is 9.57 Å². The van der Waals surface area contributed by atoms with E-state index in [1.807, 2.05) is 12.1 Å². The molecule has 8 nitrogen and oxygen atoms in total. The monoisotopic (exact) mass is 487 g/mol. The smallest absolute Gasteiger partial charge is 0.229 e. The number of aldehydes is 1. The molecular weight excluding hydrogens is 446 g/mol. The average molecular weight is 488 g/mol. The normalized spacial score (nSPS) is 21.8. The van der Waals surface area contributed by atoms with Crippen LogP contribution < -0.4 is 4.74 Å². The lowest BCUT2D eigenvalue weighted by Gasteiger charge is -2.23. The Bertz CT molecular complexity index is 845. The maximum absolute atomic E-state index is 11.8. The standard InChI is InChI=1S/C20H24N2O4.C7H17NO/c23-9-8-21-13-16(14-1-2-18-15(11-14)6-10-26-18)12-17(21)5-7-22-19(24)3-4-20(22)25;1-4-6-8(3)9-7-5-2/h1-2,9,11,16-17H,3-8,10,12-13H2;4-7H2,1-3H3. The van der Waals surface area contributed by atoms with Gasteiger partial charge in [0.2, 0.25) is 11.8 Å². The number of carbonyl (C=O) groups excluding carboxylic acids is 3. The van der Waals surface area contributed by atoms with E-state index in [1.165, 1.54) is 16.0 Å². The molecule has 194 valence electrons. The molecule has 4 rings (SSSR count). The summed E-state index contributed by atoms with van der Waals surface area (Å²) in [5, 5.41) is 1.89. The molecule has 1 aromatic carbocycles. The Labute approximate surface area is 209 Å². The van der Waals surface area contributed by atoms with Crippen molar-refractivity contribution in [2.45, 2.75) is 70.8 Å². The van der Waals surface area contributed by atoms with Gasteiger partial charge >= 0.3 is 0 Å². The topological polar surface area (TPSA) is 79.4 Å². The summed E-state index contributed by atoms with van der Waals surface area (Å²) in [7, 11) is 1.97. The van der Waals surface area contributed by atoms with Gasteiger partial charge in [-0.2, -0.15) is 5.06 Å². The number of fused-ring (bicyclic) bond motifs is 1. The molecular formula is C27H41N3O5. The van der Waals surface area contributed by atoms with Crippen LogP contribution in [0.2, 0.25) is 0 Å². The predicted octanol–water partition coefficient (Wildman–Crippen LogP) is 3.19. The highest BCUT2D eigenvalue weighted by Crippen LogP contribution is 2.36. The Morgan fingerprint density at radius 2 is 1.91 bits per heavy atom. The number of hydrogen-bond donors (Lipinski definition) is 0. The SMILES string of the molecule is CCCON(C)CCC.O=CCN1CC(c2ccc3c(c2)CCO3)CC1CCN1C(=O)CCC1=O. The molecule has 1 aromatic rings. The highest BCUT2D eigenvalue weighted by atomic mass is 16.7. The lowest BCUT2D eigenvalue weighted by molar-refractivity contribution is -0.139.